The van der Waals surface area contributed by atoms with Crippen molar-refractivity contribution in [2.45, 2.75) is 20.0 Å². The number of hydrogen-bond donors (Lipinski definition) is 3. The Morgan fingerprint density at radius 3 is 2.76 bits per heavy atom. The van der Waals surface area contributed by atoms with Crippen molar-refractivity contribution in [3.05, 3.63) is 64.6 Å². The van der Waals surface area contributed by atoms with Crippen LogP contribution >= 0.6 is 0 Å². The van der Waals surface area contributed by atoms with Crippen LogP contribution in [0.2, 0.25) is 0 Å². The molecule has 1 aliphatic rings. The second-order valence-electron chi connectivity index (χ2n) is 7.52. The normalized spacial score (nSPS) is 13.3. The number of phenols is 1. The fourth-order valence-corrected chi connectivity index (χ4v) is 4.55. The molecule has 11 heteroatoms. The monoisotopic (exact) mass is 472 g/mol. The number of nitrogens with one attached hydrogen (secondary N) is 2. The first kappa shape index (κ1) is 22.5. The van der Waals surface area contributed by atoms with Gasteiger partial charge in [-0.15, -0.1) is 0 Å². The number of amides is 2. The predicted octanol–water partition coefficient (Wildman–Crippen LogP) is 2.36. The zero-order valence-corrected chi connectivity index (χ0v) is 18.7. The molecule has 2 amide bonds. The molecule has 4 rings (SSSR count). The number of pyridine rings is 1. The molecule has 172 valence electrons. The van der Waals surface area contributed by atoms with Gasteiger partial charge in [0.05, 0.1) is 17.0 Å². The van der Waals surface area contributed by atoms with Crippen LogP contribution in [0, 0.1) is 5.82 Å². The molecule has 0 saturated heterocycles. The Morgan fingerprint density at radius 1 is 1.30 bits per heavy atom. The third-order valence-corrected chi connectivity index (χ3v) is 6.81. The second kappa shape index (κ2) is 8.32. The molecule has 0 radical (unpaired) electrons. The van der Waals surface area contributed by atoms with E-state index in [1.807, 2.05) is 0 Å². The van der Waals surface area contributed by atoms with Crippen LogP contribution in [0.1, 0.15) is 38.8 Å². The van der Waals surface area contributed by atoms with Crippen LogP contribution in [-0.4, -0.2) is 48.0 Å². The number of halogens is 1. The molecule has 1 aliphatic heterocycles. The molecule has 2 aromatic carbocycles. The van der Waals surface area contributed by atoms with Crippen LogP contribution in [0.25, 0.3) is 10.9 Å². The Balaban J connectivity index is 1.83. The van der Waals surface area contributed by atoms with E-state index in [0.29, 0.717) is 16.5 Å². The first-order valence-corrected chi connectivity index (χ1v) is 11.7. The summed E-state index contributed by atoms with van der Waals surface area (Å²) < 4.78 is 41.0. The Kier molecular flexibility index (Phi) is 5.66. The second-order valence-corrected chi connectivity index (χ2v) is 9.53. The van der Waals surface area contributed by atoms with E-state index in [1.165, 1.54) is 37.2 Å². The topological polar surface area (TPSA) is 129 Å². The molecule has 1 aromatic heterocycles. The van der Waals surface area contributed by atoms with Crippen LogP contribution in [-0.2, 0) is 23.1 Å². The standard InChI is InChI=1S/C22H21FN4O5S/c1-3-33(31,32)26-18-14-5-4-8-25-19(14)20(28)17-16(18)11-27(22(17)30)10-12-6-7-13(23)9-15(12)21(29)24-2/h4-9,26,28H,3,10-11H2,1-2H3,(H,24,29). The highest BCUT2D eigenvalue weighted by atomic mass is 32.2. The number of sulfonamides is 1. The SMILES string of the molecule is CCS(=O)(=O)Nc1c2c(c(O)c3ncccc13)C(=O)N(Cc1ccc(F)cc1C(=O)NC)C2. The van der Waals surface area contributed by atoms with Crippen LogP contribution in [0.4, 0.5) is 10.1 Å². The fourth-order valence-electron chi connectivity index (χ4n) is 3.86. The number of carbonyl (C=O) groups excluding carboxylic acids is 2. The lowest BCUT2D eigenvalue weighted by molar-refractivity contribution is 0.0762. The van der Waals surface area contributed by atoms with E-state index in [4.69, 9.17) is 0 Å². The van der Waals surface area contributed by atoms with Crippen molar-refractivity contribution in [3.63, 3.8) is 0 Å². The molecule has 0 aliphatic carbocycles. The van der Waals surface area contributed by atoms with Crippen molar-refractivity contribution in [2.75, 3.05) is 17.5 Å². The molecule has 0 unspecified atom stereocenters. The summed E-state index contributed by atoms with van der Waals surface area (Å²) in [6.45, 7) is 1.40. The highest BCUT2D eigenvalue weighted by Crippen LogP contribution is 2.43. The number of hydrogen-bond acceptors (Lipinski definition) is 6. The van der Waals surface area contributed by atoms with Gasteiger partial charge in [-0.25, -0.2) is 12.8 Å². The molecule has 0 fully saturated rings. The molecule has 9 nitrogen and oxygen atoms in total. The van der Waals surface area contributed by atoms with Crippen molar-refractivity contribution in [2.24, 2.45) is 0 Å². The molecule has 0 atom stereocenters. The summed E-state index contributed by atoms with van der Waals surface area (Å²) in [5, 5.41) is 13.6. The fraction of sp³-hybridized carbons (Fsp3) is 0.227. The minimum Gasteiger partial charge on any atom is -0.505 e. The van der Waals surface area contributed by atoms with E-state index >= 15 is 0 Å². The van der Waals surface area contributed by atoms with Gasteiger partial charge in [-0.3, -0.25) is 19.3 Å². The molecule has 3 N–H and O–H groups in total. The van der Waals surface area contributed by atoms with Gasteiger partial charge in [-0.05, 0) is 36.8 Å². The zero-order valence-electron chi connectivity index (χ0n) is 17.8. The minimum absolute atomic E-state index is 0.0291. The number of aromatic nitrogens is 1. The molecule has 33 heavy (non-hydrogen) atoms. The van der Waals surface area contributed by atoms with Gasteiger partial charge in [-0.2, -0.15) is 0 Å². The van der Waals surface area contributed by atoms with Crippen LogP contribution < -0.4 is 10.0 Å². The van der Waals surface area contributed by atoms with Crippen molar-refractivity contribution in [1.29, 1.82) is 0 Å². The number of carbonyl (C=O) groups is 2. The third kappa shape index (κ3) is 3.95. The average Bonchev–Trinajstić information content (AvgIpc) is 3.13. The molecular formula is C22H21FN4O5S. The van der Waals surface area contributed by atoms with Gasteiger partial charge in [0, 0.05) is 42.8 Å². The first-order valence-electron chi connectivity index (χ1n) is 10.1. The van der Waals surface area contributed by atoms with Gasteiger partial charge >= 0.3 is 0 Å². The molecule has 3 aromatic rings. The van der Waals surface area contributed by atoms with Gasteiger partial charge in [0.2, 0.25) is 10.0 Å². The summed E-state index contributed by atoms with van der Waals surface area (Å²) in [6.07, 6.45) is 1.43. The zero-order chi connectivity index (χ0) is 23.9. The smallest absolute Gasteiger partial charge is 0.258 e. The number of aromatic hydroxyl groups is 1. The van der Waals surface area contributed by atoms with Crippen molar-refractivity contribution >= 4 is 38.4 Å². The first-order chi connectivity index (χ1) is 15.7. The summed E-state index contributed by atoms with van der Waals surface area (Å²) in [5.74, 6) is -2.20. The number of nitrogens with zero attached hydrogens (tertiary/aromatic N) is 2. The van der Waals surface area contributed by atoms with E-state index in [0.717, 1.165) is 6.07 Å². The van der Waals surface area contributed by atoms with Crippen LogP contribution in [0.5, 0.6) is 5.75 Å². The van der Waals surface area contributed by atoms with Gasteiger partial charge in [0.1, 0.15) is 11.3 Å². The highest BCUT2D eigenvalue weighted by Gasteiger charge is 2.36. The summed E-state index contributed by atoms with van der Waals surface area (Å²) in [7, 11) is -2.29. The summed E-state index contributed by atoms with van der Waals surface area (Å²) in [5.41, 5.74) is 0.985. The number of benzene rings is 2. The number of rotatable bonds is 6. The molecule has 0 bridgehead atoms. The number of fused-ring (bicyclic) bond motifs is 2. The van der Waals surface area contributed by atoms with E-state index < -0.39 is 27.7 Å². The lowest BCUT2D eigenvalue weighted by Crippen LogP contribution is -2.26. The van der Waals surface area contributed by atoms with E-state index in [1.54, 1.807) is 12.1 Å². The number of phenolic OH excluding ortho intramolecular Hbond substituents is 1. The molecule has 0 saturated carbocycles. The van der Waals surface area contributed by atoms with Crippen molar-refractivity contribution < 1.29 is 27.5 Å². The Bertz CT molecular complexity index is 1410. The molecule has 2 heterocycles. The number of anilines is 1. The molecular weight excluding hydrogens is 451 g/mol. The van der Waals surface area contributed by atoms with Gasteiger partial charge < -0.3 is 15.3 Å². The Hall–Kier alpha value is -3.73. The summed E-state index contributed by atoms with van der Waals surface area (Å²) in [4.78, 5) is 30.9. The van der Waals surface area contributed by atoms with E-state index in [2.05, 4.69) is 15.0 Å². The quantitative estimate of drug-likeness (QED) is 0.473. The van der Waals surface area contributed by atoms with Gasteiger partial charge in [0.15, 0.2) is 5.75 Å². The summed E-state index contributed by atoms with van der Waals surface area (Å²) >= 11 is 0. The van der Waals surface area contributed by atoms with Crippen molar-refractivity contribution in [1.82, 2.24) is 15.2 Å². The van der Waals surface area contributed by atoms with Crippen LogP contribution in [0.3, 0.4) is 0 Å². The third-order valence-electron chi connectivity index (χ3n) is 5.53. The summed E-state index contributed by atoms with van der Waals surface area (Å²) in [6, 6.07) is 6.88. The van der Waals surface area contributed by atoms with Gasteiger partial charge in [0.25, 0.3) is 11.8 Å². The maximum Gasteiger partial charge on any atom is 0.258 e. The molecule has 0 spiro atoms. The Labute approximate surface area is 189 Å². The lowest BCUT2D eigenvalue weighted by atomic mass is 10.0. The van der Waals surface area contributed by atoms with Crippen LogP contribution in [0.15, 0.2) is 36.5 Å². The average molecular weight is 472 g/mol. The predicted molar refractivity (Wildman–Crippen MR) is 120 cm³/mol. The minimum atomic E-state index is -3.70. The highest BCUT2D eigenvalue weighted by molar-refractivity contribution is 7.92. The Morgan fingerprint density at radius 2 is 2.06 bits per heavy atom. The maximum absolute atomic E-state index is 13.7. The lowest BCUT2D eigenvalue weighted by Gasteiger charge is -2.18. The van der Waals surface area contributed by atoms with E-state index in [9.17, 15) is 27.5 Å². The van der Waals surface area contributed by atoms with E-state index in [-0.39, 0.29) is 46.9 Å². The maximum atomic E-state index is 13.7. The van der Waals surface area contributed by atoms with Crippen molar-refractivity contribution in [3.8, 4) is 5.75 Å². The largest absolute Gasteiger partial charge is 0.505 e. The van der Waals surface area contributed by atoms with Gasteiger partial charge in [-0.1, -0.05) is 6.07 Å².